The van der Waals surface area contributed by atoms with E-state index in [9.17, 15) is 29.4 Å². The summed E-state index contributed by atoms with van der Waals surface area (Å²) in [5.74, 6) is -3.28. The van der Waals surface area contributed by atoms with E-state index in [4.69, 9.17) is 28.4 Å². The molecule has 0 aromatic rings. The Labute approximate surface area is 253 Å². The number of hydrogen-bond donors (Lipinski definition) is 2. The predicted octanol–water partition coefficient (Wildman–Crippen LogP) is 3.53. The number of hydrogen-bond acceptors (Lipinski definition) is 11. The van der Waals surface area contributed by atoms with Crippen molar-refractivity contribution in [2.75, 3.05) is 14.2 Å². The molecule has 2 N–H and O–H groups in total. The Morgan fingerprint density at radius 3 is 2.33 bits per heavy atom. The number of aliphatic hydroxyl groups excluding tert-OH is 1. The molecule has 3 aliphatic heterocycles. The monoisotopic (exact) mass is 615 g/mol. The minimum absolute atomic E-state index is 0.164. The van der Waals surface area contributed by atoms with Crippen molar-refractivity contribution in [2.45, 2.75) is 135 Å². The van der Waals surface area contributed by atoms with Crippen LogP contribution in [0.2, 0.25) is 0 Å². The second-order valence-electron chi connectivity index (χ2n) is 12.9. The lowest BCUT2D eigenvalue weighted by molar-refractivity contribution is -0.270. The molecule has 0 aliphatic carbocycles. The van der Waals surface area contributed by atoms with Crippen LogP contribution in [0.15, 0.2) is 0 Å². The van der Waals surface area contributed by atoms with E-state index in [-0.39, 0.29) is 43.6 Å². The molecule has 12 atom stereocenters. The van der Waals surface area contributed by atoms with Crippen LogP contribution < -0.4 is 0 Å². The van der Waals surface area contributed by atoms with Gasteiger partial charge in [-0.25, -0.2) is 9.59 Å². The summed E-state index contributed by atoms with van der Waals surface area (Å²) in [6.07, 6.45) is -6.28. The number of ketones is 1. The Bertz CT molecular complexity index is 1040. The van der Waals surface area contributed by atoms with Crippen molar-refractivity contribution >= 4 is 24.0 Å². The summed E-state index contributed by atoms with van der Waals surface area (Å²) < 4.78 is 35.3. The second kappa shape index (κ2) is 13.7. The number of carboxylic acid groups (broad SMARTS) is 1. The standard InChI is InChI=1S/C30H49NO12/c1-10-21-30(7)22(41-28(37)43-30)13-20(32)15(2)14-29(6,38-9)25(17(4)24(33)18(5)26(34)40-21)42-23-12-19(11-16(3)39-23)31(8)27(35)36/h15-19,21-25,33H,10-14H2,1-9H3,(H,35,36)/t15-,16-,17+,18-,19+,21-,22-,23+,24+,25-,29-,30-/m1/s1. The zero-order valence-electron chi connectivity index (χ0n) is 26.7. The third-order valence-corrected chi connectivity index (χ3v) is 9.67. The van der Waals surface area contributed by atoms with E-state index < -0.39 is 77.9 Å². The van der Waals surface area contributed by atoms with Crippen LogP contribution >= 0.6 is 0 Å². The topological polar surface area (TPSA) is 167 Å². The highest BCUT2D eigenvalue weighted by atomic mass is 16.8. The summed E-state index contributed by atoms with van der Waals surface area (Å²) in [4.78, 5) is 52.1. The Balaban J connectivity index is 2.01. The molecule has 0 radical (unpaired) electrons. The maximum atomic E-state index is 13.6. The molecule has 1 amide bonds. The average Bonchev–Trinajstić information content (AvgIpc) is 3.24. The van der Waals surface area contributed by atoms with Crippen LogP contribution in [0.4, 0.5) is 9.59 Å². The quantitative estimate of drug-likeness (QED) is 0.433. The van der Waals surface area contributed by atoms with Gasteiger partial charge in [-0.3, -0.25) is 9.59 Å². The first kappa shape index (κ1) is 35.0. The number of esters is 1. The smallest absolute Gasteiger partial charge is 0.465 e. The molecule has 13 nitrogen and oxygen atoms in total. The molecular formula is C30H49NO12. The molecule has 0 bridgehead atoms. The molecule has 3 aliphatic rings. The minimum Gasteiger partial charge on any atom is -0.465 e. The molecule has 13 heteroatoms. The van der Waals surface area contributed by atoms with Gasteiger partial charge >= 0.3 is 18.2 Å². The van der Waals surface area contributed by atoms with Gasteiger partial charge in [0.05, 0.1) is 29.8 Å². The maximum Gasteiger partial charge on any atom is 0.509 e. The summed E-state index contributed by atoms with van der Waals surface area (Å²) in [7, 11) is 2.98. The number of fused-ring (bicyclic) bond motifs is 1. The Morgan fingerprint density at radius 2 is 1.74 bits per heavy atom. The number of Topliss-reactive ketones (excluding diaryl/α,β-unsaturated/α-hetero) is 1. The van der Waals surface area contributed by atoms with Crippen LogP contribution in [0.1, 0.15) is 80.6 Å². The number of cyclic esters (lactones) is 1. The maximum absolute atomic E-state index is 13.6. The molecule has 0 aromatic heterocycles. The fraction of sp³-hybridized carbons (Fsp3) is 0.867. The molecule has 0 aromatic carbocycles. The van der Waals surface area contributed by atoms with Crippen LogP contribution in [0.25, 0.3) is 0 Å². The lowest BCUT2D eigenvalue weighted by Crippen LogP contribution is -2.56. The highest BCUT2D eigenvalue weighted by Crippen LogP contribution is 2.40. The van der Waals surface area contributed by atoms with Gasteiger partial charge in [0.2, 0.25) is 0 Å². The van der Waals surface area contributed by atoms with Gasteiger partial charge in [0.25, 0.3) is 0 Å². The molecule has 0 spiro atoms. The van der Waals surface area contributed by atoms with Crippen molar-refractivity contribution in [1.29, 1.82) is 0 Å². The number of carbonyl (C=O) groups excluding carboxylic acids is 3. The number of aliphatic hydroxyl groups is 1. The fourth-order valence-corrected chi connectivity index (χ4v) is 6.69. The van der Waals surface area contributed by atoms with Gasteiger partial charge in [-0.15, -0.1) is 0 Å². The molecule has 3 fully saturated rings. The molecule has 43 heavy (non-hydrogen) atoms. The van der Waals surface area contributed by atoms with Crippen LogP contribution in [0.5, 0.6) is 0 Å². The normalized spacial score (nSPS) is 43.1. The molecule has 3 rings (SSSR count). The van der Waals surface area contributed by atoms with Crippen LogP contribution in [-0.2, 0) is 38.0 Å². The van der Waals surface area contributed by atoms with Crippen molar-refractivity contribution in [3.05, 3.63) is 0 Å². The van der Waals surface area contributed by atoms with Gasteiger partial charge in [-0.1, -0.05) is 20.8 Å². The zero-order chi connectivity index (χ0) is 32.4. The number of ether oxygens (including phenoxy) is 6. The van der Waals surface area contributed by atoms with E-state index >= 15 is 0 Å². The van der Waals surface area contributed by atoms with Crippen LogP contribution in [-0.4, -0.2) is 107 Å². The number of carbonyl (C=O) groups is 4. The number of methoxy groups -OCH3 is 1. The Morgan fingerprint density at radius 1 is 1.09 bits per heavy atom. The lowest BCUT2D eigenvalue weighted by atomic mass is 9.76. The fourth-order valence-electron chi connectivity index (χ4n) is 6.69. The highest BCUT2D eigenvalue weighted by Gasteiger charge is 2.56. The van der Waals surface area contributed by atoms with Crippen molar-refractivity contribution in [2.24, 2.45) is 17.8 Å². The van der Waals surface area contributed by atoms with Gasteiger partial charge in [0, 0.05) is 44.9 Å². The summed E-state index contributed by atoms with van der Waals surface area (Å²) >= 11 is 0. The van der Waals surface area contributed by atoms with Crippen LogP contribution in [0, 0.1) is 17.8 Å². The van der Waals surface area contributed by atoms with Crippen LogP contribution in [0.3, 0.4) is 0 Å². The van der Waals surface area contributed by atoms with Gasteiger partial charge in [-0.2, -0.15) is 0 Å². The van der Waals surface area contributed by atoms with Crippen molar-refractivity contribution in [3.8, 4) is 0 Å². The molecule has 3 saturated heterocycles. The Kier molecular flexibility index (Phi) is 11.1. The van der Waals surface area contributed by atoms with E-state index in [1.807, 2.05) is 6.92 Å². The van der Waals surface area contributed by atoms with Crippen molar-refractivity contribution in [3.63, 3.8) is 0 Å². The lowest BCUT2D eigenvalue weighted by Gasteiger charge is -2.46. The number of nitrogens with zero attached hydrogens (tertiary/aromatic N) is 1. The molecule has 246 valence electrons. The van der Waals surface area contributed by atoms with Crippen molar-refractivity contribution < 1.29 is 57.8 Å². The zero-order valence-corrected chi connectivity index (χ0v) is 26.7. The van der Waals surface area contributed by atoms with Gasteiger partial charge in [-0.05, 0) is 47.0 Å². The minimum atomic E-state index is -1.40. The first-order chi connectivity index (χ1) is 20.0. The van der Waals surface area contributed by atoms with Gasteiger partial charge < -0.3 is 43.5 Å². The first-order valence-electron chi connectivity index (χ1n) is 15.1. The molecule has 0 saturated carbocycles. The Hall–Kier alpha value is -2.48. The average molecular weight is 616 g/mol. The SMILES string of the molecule is CC[C@H]1OC(=O)[C@H](C)[C@@H](O)[C@H](C)[C@@H](O[C@H]2C[C@@H](N(C)C(=O)O)C[C@@H](C)O2)[C@](C)(OC)C[C@@H](C)C(=O)C[C@H]2OC(=O)O[C@@]21C. The summed E-state index contributed by atoms with van der Waals surface area (Å²) in [6.45, 7) is 12.0. The third-order valence-electron chi connectivity index (χ3n) is 9.67. The number of amides is 1. The van der Waals surface area contributed by atoms with Gasteiger partial charge in [0.15, 0.2) is 18.0 Å². The van der Waals surface area contributed by atoms with Crippen molar-refractivity contribution in [1.82, 2.24) is 4.90 Å². The third kappa shape index (κ3) is 7.43. The number of rotatable bonds is 5. The molecular weight excluding hydrogens is 566 g/mol. The van der Waals surface area contributed by atoms with E-state index in [1.165, 1.54) is 19.1 Å². The largest absolute Gasteiger partial charge is 0.509 e. The summed E-state index contributed by atoms with van der Waals surface area (Å²) in [6, 6.07) is -0.371. The highest BCUT2D eigenvalue weighted by molar-refractivity contribution is 5.82. The van der Waals surface area contributed by atoms with E-state index in [0.717, 1.165) is 0 Å². The summed E-state index contributed by atoms with van der Waals surface area (Å²) in [5, 5.41) is 21.1. The van der Waals surface area contributed by atoms with Gasteiger partial charge in [0.1, 0.15) is 11.9 Å². The second-order valence-corrected chi connectivity index (χ2v) is 12.9. The summed E-state index contributed by atoms with van der Waals surface area (Å²) in [5.41, 5.74) is -2.57. The van der Waals surface area contributed by atoms with E-state index in [1.54, 1.807) is 41.5 Å². The first-order valence-corrected chi connectivity index (χ1v) is 15.1. The molecule has 0 unspecified atom stereocenters. The van der Waals surface area contributed by atoms with E-state index in [0.29, 0.717) is 6.42 Å². The molecule has 3 heterocycles. The predicted molar refractivity (Wildman–Crippen MR) is 151 cm³/mol. The van der Waals surface area contributed by atoms with E-state index in [2.05, 4.69) is 0 Å².